The first-order valence-corrected chi connectivity index (χ1v) is 6.34. The zero-order valence-corrected chi connectivity index (χ0v) is 10.9. The number of halogens is 1. The largest absolute Gasteiger partial charge is 0.394 e. The van der Waals surface area contributed by atoms with Gasteiger partial charge in [-0.25, -0.2) is 0 Å². The van der Waals surface area contributed by atoms with Crippen molar-refractivity contribution in [1.82, 2.24) is 4.90 Å². The third kappa shape index (κ3) is 3.12. The fourth-order valence-electron chi connectivity index (χ4n) is 2.24. The molecule has 1 saturated heterocycles. The van der Waals surface area contributed by atoms with Gasteiger partial charge in [0.15, 0.2) is 0 Å². The molecule has 1 fully saturated rings. The van der Waals surface area contributed by atoms with Crippen LogP contribution in [0.3, 0.4) is 0 Å². The average molecular weight is 255 g/mol. The van der Waals surface area contributed by atoms with Gasteiger partial charge in [-0.3, -0.25) is 0 Å². The normalized spacial score (nSPS) is 20.2. The number of piperidine rings is 1. The minimum absolute atomic E-state index is 0.160. The Hall–Kier alpha value is -0.770. The van der Waals surface area contributed by atoms with Crippen molar-refractivity contribution < 1.29 is 5.11 Å². The summed E-state index contributed by atoms with van der Waals surface area (Å²) in [4.78, 5) is 2.29. The van der Waals surface area contributed by atoms with Gasteiger partial charge in [-0.05, 0) is 38.1 Å². The highest BCUT2D eigenvalue weighted by molar-refractivity contribution is 6.30. The topological polar surface area (TPSA) is 35.5 Å². The van der Waals surface area contributed by atoms with E-state index < -0.39 is 0 Å². The maximum atomic E-state index is 9.64. The molecule has 1 aromatic rings. The lowest BCUT2D eigenvalue weighted by molar-refractivity contribution is 0.133. The number of benzene rings is 1. The Morgan fingerprint density at radius 3 is 2.71 bits per heavy atom. The molecule has 0 bridgehead atoms. The Labute approximate surface area is 107 Å². The molecule has 0 amide bonds. The second-order valence-corrected chi connectivity index (χ2v) is 5.31. The van der Waals surface area contributed by atoms with Crippen LogP contribution < -0.4 is 5.32 Å². The first-order chi connectivity index (χ1) is 8.13. The van der Waals surface area contributed by atoms with Crippen LogP contribution in [0.4, 0.5) is 5.69 Å². The zero-order chi connectivity index (χ0) is 12.3. The highest BCUT2D eigenvalue weighted by Crippen LogP contribution is 2.27. The quantitative estimate of drug-likeness (QED) is 0.868. The van der Waals surface area contributed by atoms with Crippen molar-refractivity contribution in [3.8, 4) is 0 Å². The second-order valence-electron chi connectivity index (χ2n) is 4.88. The van der Waals surface area contributed by atoms with Crippen molar-refractivity contribution in [1.29, 1.82) is 0 Å². The molecule has 0 aliphatic carbocycles. The molecule has 17 heavy (non-hydrogen) atoms. The number of nitrogens with zero attached hydrogens (tertiary/aromatic N) is 1. The maximum Gasteiger partial charge on any atom is 0.0662 e. The number of likely N-dealkylation sites (tertiary alicyclic amines) is 1. The minimum Gasteiger partial charge on any atom is -0.394 e. The Bertz CT molecular complexity index is 375. The van der Waals surface area contributed by atoms with Gasteiger partial charge < -0.3 is 15.3 Å². The Morgan fingerprint density at radius 2 is 2.12 bits per heavy atom. The number of hydrogen-bond acceptors (Lipinski definition) is 3. The Kier molecular flexibility index (Phi) is 3.92. The van der Waals surface area contributed by atoms with Crippen LogP contribution in [0.25, 0.3) is 0 Å². The van der Waals surface area contributed by atoms with E-state index >= 15 is 0 Å². The number of rotatable bonds is 3. The third-order valence-electron chi connectivity index (χ3n) is 3.48. The highest BCUT2D eigenvalue weighted by Gasteiger charge is 2.32. The van der Waals surface area contributed by atoms with Gasteiger partial charge in [0.2, 0.25) is 0 Å². The molecule has 1 aliphatic rings. The van der Waals surface area contributed by atoms with Crippen molar-refractivity contribution >= 4 is 17.3 Å². The van der Waals surface area contributed by atoms with Crippen LogP contribution in [-0.2, 0) is 0 Å². The van der Waals surface area contributed by atoms with Crippen molar-refractivity contribution in [2.75, 3.05) is 32.1 Å². The molecule has 94 valence electrons. The molecule has 0 atom stereocenters. The molecule has 1 aromatic carbocycles. The van der Waals surface area contributed by atoms with Gasteiger partial charge in [-0.15, -0.1) is 0 Å². The van der Waals surface area contributed by atoms with Gasteiger partial charge in [0.25, 0.3) is 0 Å². The lowest BCUT2D eigenvalue weighted by Gasteiger charge is -2.40. The first-order valence-electron chi connectivity index (χ1n) is 5.97. The van der Waals surface area contributed by atoms with Gasteiger partial charge in [0, 0.05) is 23.8 Å². The molecule has 3 nitrogen and oxygen atoms in total. The van der Waals surface area contributed by atoms with Gasteiger partial charge in [-0.1, -0.05) is 17.7 Å². The van der Waals surface area contributed by atoms with Gasteiger partial charge in [0.1, 0.15) is 0 Å². The Morgan fingerprint density at radius 1 is 1.41 bits per heavy atom. The van der Waals surface area contributed by atoms with Crippen molar-refractivity contribution in [3.63, 3.8) is 0 Å². The summed E-state index contributed by atoms with van der Waals surface area (Å²) >= 11 is 5.96. The number of aliphatic hydroxyl groups excluding tert-OH is 1. The highest BCUT2D eigenvalue weighted by atomic mass is 35.5. The van der Waals surface area contributed by atoms with Gasteiger partial charge >= 0.3 is 0 Å². The van der Waals surface area contributed by atoms with E-state index in [1.807, 2.05) is 24.3 Å². The number of aliphatic hydroxyl groups is 1. The second kappa shape index (κ2) is 5.25. The fraction of sp³-hybridized carbons (Fsp3) is 0.538. The van der Waals surface area contributed by atoms with Crippen molar-refractivity contribution in [2.45, 2.75) is 18.4 Å². The predicted octanol–water partition coefficient (Wildman–Crippen LogP) is 2.21. The molecular weight excluding hydrogens is 236 g/mol. The van der Waals surface area contributed by atoms with Crippen LogP contribution in [0.15, 0.2) is 24.3 Å². The van der Waals surface area contributed by atoms with Crippen LogP contribution in [0, 0.1) is 0 Å². The van der Waals surface area contributed by atoms with Gasteiger partial charge in [0.05, 0.1) is 12.1 Å². The summed E-state index contributed by atoms with van der Waals surface area (Å²) in [5.74, 6) is 0. The molecule has 2 N–H and O–H groups in total. The zero-order valence-electron chi connectivity index (χ0n) is 10.1. The van der Waals surface area contributed by atoms with E-state index in [0.29, 0.717) is 0 Å². The SMILES string of the molecule is CN1CCC(CO)(Nc2cccc(Cl)c2)CC1. The molecular formula is C13H19ClN2O. The molecule has 0 unspecified atom stereocenters. The summed E-state index contributed by atoms with van der Waals surface area (Å²) in [7, 11) is 2.11. The van der Waals surface area contributed by atoms with E-state index in [1.165, 1.54) is 0 Å². The summed E-state index contributed by atoms with van der Waals surface area (Å²) in [6, 6.07) is 7.66. The fourth-order valence-corrected chi connectivity index (χ4v) is 2.43. The van der Waals surface area contributed by atoms with E-state index in [2.05, 4.69) is 17.3 Å². The standard InChI is InChI=1S/C13H19ClN2O/c1-16-7-5-13(10-17,6-8-16)15-12-4-2-3-11(14)9-12/h2-4,9,15,17H,5-8,10H2,1H3. The van der Waals surface area contributed by atoms with Crippen molar-refractivity contribution in [3.05, 3.63) is 29.3 Å². The molecule has 2 rings (SSSR count). The Balaban J connectivity index is 2.09. The molecule has 4 heteroatoms. The summed E-state index contributed by atoms with van der Waals surface area (Å²) in [5.41, 5.74) is 0.785. The number of nitrogens with one attached hydrogen (secondary N) is 1. The smallest absolute Gasteiger partial charge is 0.0662 e. The molecule has 0 aromatic heterocycles. The van der Waals surface area contributed by atoms with Gasteiger partial charge in [-0.2, -0.15) is 0 Å². The van der Waals surface area contributed by atoms with Crippen LogP contribution in [0.1, 0.15) is 12.8 Å². The number of anilines is 1. The minimum atomic E-state index is -0.197. The van der Waals surface area contributed by atoms with Crippen molar-refractivity contribution in [2.24, 2.45) is 0 Å². The summed E-state index contributed by atoms with van der Waals surface area (Å²) in [5, 5.41) is 13.8. The van der Waals surface area contributed by atoms with Crippen LogP contribution in [-0.4, -0.2) is 42.3 Å². The predicted molar refractivity (Wildman–Crippen MR) is 71.6 cm³/mol. The molecule has 1 heterocycles. The van der Waals surface area contributed by atoms with E-state index in [0.717, 1.165) is 36.6 Å². The first kappa shape index (κ1) is 12.7. The van der Waals surface area contributed by atoms with Crippen LogP contribution in [0.2, 0.25) is 5.02 Å². The number of hydrogen-bond donors (Lipinski definition) is 2. The third-order valence-corrected chi connectivity index (χ3v) is 3.72. The molecule has 0 saturated carbocycles. The summed E-state index contributed by atoms with van der Waals surface area (Å²) < 4.78 is 0. The lowest BCUT2D eigenvalue weighted by Crippen LogP contribution is -2.50. The molecule has 0 radical (unpaired) electrons. The van der Waals surface area contributed by atoms with E-state index in [1.54, 1.807) is 0 Å². The van der Waals surface area contributed by atoms with E-state index in [4.69, 9.17) is 11.6 Å². The van der Waals surface area contributed by atoms with E-state index in [-0.39, 0.29) is 12.1 Å². The lowest BCUT2D eigenvalue weighted by atomic mass is 9.88. The monoisotopic (exact) mass is 254 g/mol. The summed E-state index contributed by atoms with van der Waals surface area (Å²) in [6.45, 7) is 2.18. The van der Waals surface area contributed by atoms with Crippen LogP contribution >= 0.6 is 11.6 Å². The molecule has 0 spiro atoms. The average Bonchev–Trinajstić information content (AvgIpc) is 2.33. The summed E-state index contributed by atoms with van der Waals surface area (Å²) in [6.07, 6.45) is 1.90. The maximum absolute atomic E-state index is 9.64. The molecule has 1 aliphatic heterocycles. The van der Waals surface area contributed by atoms with E-state index in [9.17, 15) is 5.11 Å². The van der Waals surface area contributed by atoms with Crippen LogP contribution in [0.5, 0.6) is 0 Å².